The highest BCUT2D eigenvalue weighted by Gasteiger charge is 2.32. The minimum atomic E-state index is 0. The van der Waals surface area contributed by atoms with Crippen LogP contribution in [0.2, 0.25) is 0 Å². The number of aryl methyl sites for hydroxylation is 1. The van der Waals surface area contributed by atoms with Gasteiger partial charge in [0.25, 0.3) is 0 Å². The molecule has 2 fully saturated rings. The molecule has 3 rings (SSSR count). The van der Waals surface area contributed by atoms with Crippen LogP contribution in [0.25, 0.3) is 0 Å². The van der Waals surface area contributed by atoms with Crippen LogP contribution in [-0.2, 0) is 0 Å². The third-order valence-electron chi connectivity index (χ3n) is 5.46. The molecule has 2 unspecified atom stereocenters. The monoisotopic (exact) mass is 471 g/mol. The molecule has 1 saturated heterocycles. The van der Waals surface area contributed by atoms with E-state index in [2.05, 4.69) is 70.7 Å². The summed E-state index contributed by atoms with van der Waals surface area (Å²) < 4.78 is 0. The lowest BCUT2D eigenvalue weighted by Crippen LogP contribution is -2.49. The van der Waals surface area contributed by atoms with Crippen LogP contribution < -0.4 is 15.5 Å². The number of likely N-dealkylation sites (N-methyl/N-ethyl adjacent to an activating group) is 1. The summed E-state index contributed by atoms with van der Waals surface area (Å²) in [6, 6.07) is 9.88. The van der Waals surface area contributed by atoms with E-state index in [0.717, 1.165) is 37.9 Å². The second-order valence-electron chi connectivity index (χ2n) is 7.73. The van der Waals surface area contributed by atoms with E-state index in [1.54, 1.807) is 0 Å². The number of nitrogens with zero attached hydrogens (tertiary/aromatic N) is 3. The largest absolute Gasteiger partial charge is 0.369 e. The van der Waals surface area contributed by atoms with Gasteiger partial charge in [-0.15, -0.1) is 24.0 Å². The molecular formula is C20H34IN5. The highest BCUT2D eigenvalue weighted by Crippen LogP contribution is 2.34. The van der Waals surface area contributed by atoms with E-state index in [0.29, 0.717) is 12.1 Å². The van der Waals surface area contributed by atoms with Crippen LogP contribution in [0.1, 0.15) is 24.8 Å². The molecule has 0 amide bonds. The Balaban J connectivity index is 0.00000243. The van der Waals surface area contributed by atoms with Crippen LogP contribution >= 0.6 is 24.0 Å². The first-order chi connectivity index (χ1) is 12.1. The lowest BCUT2D eigenvalue weighted by atomic mass is 10.1. The van der Waals surface area contributed by atoms with Crippen LogP contribution in [0.5, 0.6) is 0 Å². The van der Waals surface area contributed by atoms with Gasteiger partial charge in [-0.3, -0.25) is 4.99 Å². The molecule has 2 aliphatic rings. The van der Waals surface area contributed by atoms with Gasteiger partial charge in [-0.1, -0.05) is 17.7 Å². The Bertz CT molecular complexity index is 580. The first kappa shape index (κ1) is 21.3. The van der Waals surface area contributed by atoms with Gasteiger partial charge in [0, 0.05) is 44.5 Å². The van der Waals surface area contributed by atoms with Crippen molar-refractivity contribution in [3.63, 3.8) is 0 Å². The predicted octanol–water partition coefficient (Wildman–Crippen LogP) is 2.70. The van der Waals surface area contributed by atoms with Crippen LogP contribution in [0, 0.1) is 12.8 Å². The van der Waals surface area contributed by atoms with Crippen molar-refractivity contribution in [2.75, 3.05) is 45.7 Å². The third kappa shape index (κ3) is 5.74. The number of hydrogen-bond donors (Lipinski definition) is 2. The molecule has 0 aromatic heterocycles. The average Bonchev–Trinajstić information content (AvgIpc) is 3.32. The van der Waals surface area contributed by atoms with Crippen molar-refractivity contribution in [2.45, 2.75) is 38.3 Å². The molecule has 0 radical (unpaired) electrons. The van der Waals surface area contributed by atoms with E-state index < -0.39 is 0 Å². The summed E-state index contributed by atoms with van der Waals surface area (Å²) in [4.78, 5) is 9.22. The van der Waals surface area contributed by atoms with Crippen LogP contribution in [0.4, 0.5) is 5.69 Å². The van der Waals surface area contributed by atoms with Gasteiger partial charge in [0.05, 0.1) is 0 Å². The topological polar surface area (TPSA) is 42.9 Å². The van der Waals surface area contributed by atoms with Crippen molar-refractivity contribution in [1.29, 1.82) is 0 Å². The average molecular weight is 471 g/mol. The zero-order chi connectivity index (χ0) is 17.8. The fourth-order valence-corrected chi connectivity index (χ4v) is 3.71. The highest BCUT2D eigenvalue weighted by atomic mass is 127. The first-order valence-electron chi connectivity index (χ1n) is 9.52. The molecule has 1 aromatic rings. The summed E-state index contributed by atoms with van der Waals surface area (Å²) in [5.74, 6) is 1.78. The van der Waals surface area contributed by atoms with Crippen molar-refractivity contribution < 1.29 is 0 Å². The summed E-state index contributed by atoms with van der Waals surface area (Å²) in [5.41, 5.74) is 2.63. The van der Waals surface area contributed by atoms with Gasteiger partial charge in [-0.2, -0.15) is 0 Å². The van der Waals surface area contributed by atoms with E-state index in [9.17, 15) is 0 Å². The maximum atomic E-state index is 4.43. The van der Waals surface area contributed by atoms with E-state index in [4.69, 9.17) is 0 Å². The Morgan fingerprint density at radius 3 is 2.50 bits per heavy atom. The predicted molar refractivity (Wildman–Crippen MR) is 122 cm³/mol. The molecule has 2 N–H and O–H groups in total. The number of rotatable bonds is 6. The molecule has 2 atom stereocenters. The molecule has 1 heterocycles. The SMILES string of the molecule is CN=C(NCC(C1CC1)N(C)C)NC1CCN(c2ccc(C)cc2)C1.I. The summed E-state index contributed by atoms with van der Waals surface area (Å²) >= 11 is 0. The molecular weight excluding hydrogens is 437 g/mol. The molecule has 26 heavy (non-hydrogen) atoms. The Kier molecular flexibility index (Phi) is 8.01. The Morgan fingerprint density at radius 1 is 1.23 bits per heavy atom. The van der Waals surface area contributed by atoms with Gasteiger partial charge >= 0.3 is 0 Å². The number of anilines is 1. The molecule has 146 valence electrons. The van der Waals surface area contributed by atoms with Gasteiger partial charge < -0.3 is 20.4 Å². The van der Waals surface area contributed by atoms with Crippen molar-refractivity contribution in [3.8, 4) is 0 Å². The molecule has 6 heteroatoms. The lowest BCUT2D eigenvalue weighted by Gasteiger charge is -2.26. The second kappa shape index (κ2) is 9.78. The quantitative estimate of drug-likeness (QED) is 0.381. The van der Waals surface area contributed by atoms with Crippen molar-refractivity contribution in [3.05, 3.63) is 29.8 Å². The minimum Gasteiger partial charge on any atom is -0.369 e. The number of halogens is 1. The zero-order valence-electron chi connectivity index (χ0n) is 16.5. The number of benzene rings is 1. The molecule has 1 saturated carbocycles. The van der Waals surface area contributed by atoms with Crippen LogP contribution in [0.3, 0.4) is 0 Å². The van der Waals surface area contributed by atoms with Crippen LogP contribution in [-0.4, -0.2) is 63.7 Å². The summed E-state index contributed by atoms with van der Waals surface area (Å²) in [5, 5.41) is 7.15. The van der Waals surface area contributed by atoms with Gasteiger partial charge in [0.15, 0.2) is 5.96 Å². The summed E-state index contributed by atoms with van der Waals surface area (Å²) in [6.45, 7) is 5.23. The van der Waals surface area contributed by atoms with Crippen molar-refractivity contribution in [1.82, 2.24) is 15.5 Å². The van der Waals surface area contributed by atoms with Crippen molar-refractivity contribution in [2.24, 2.45) is 10.9 Å². The normalized spacial score (nSPS) is 21.5. The Hall–Kier alpha value is -1.02. The van der Waals surface area contributed by atoms with Gasteiger partial charge in [0.1, 0.15) is 0 Å². The smallest absolute Gasteiger partial charge is 0.191 e. The fourth-order valence-electron chi connectivity index (χ4n) is 3.71. The van der Waals surface area contributed by atoms with Crippen molar-refractivity contribution >= 4 is 35.6 Å². The lowest BCUT2D eigenvalue weighted by molar-refractivity contribution is 0.264. The fraction of sp³-hybridized carbons (Fsp3) is 0.650. The molecule has 0 spiro atoms. The standard InChI is InChI=1S/C20H33N5.HI/c1-15-5-9-18(10-6-15)25-12-11-17(14-25)23-20(21-2)22-13-19(24(3)4)16-7-8-16;/h5-6,9-10,16-17,19H,7-8,11-14H2,1-4H3,(H2,21,22,23);1H. The number of nitrogens with one attached hydrogen (secondary N) is 2. The number of hydrogen-bond acceptors (Lipinski definition) is 3. The van der Waals surface area contributed by atoms with Gasteiger partial charge in [0.2, 0.25) is 0 Å². The molecule has 1 aromatic carbocycles. The van der Waals surface area contributed by atoms with E-state index in [-0.39, 0.29) is 24.0 Å². The van der Waals surface area contributed by atoms with E-state index >= 15 is 0 Å². The molecule has 0 bridgehead atoms. The summed E-state index contributed by atoms with van der Waals surface area (Å²) in [7, 11) is 6.22. The summed E-state index contributed by atoms with van der Waals surface area (Å²) in [6.07, 6.45) is 3.88. The maximum Gasteiger partial charge on any atom is 0.191 e. The van der Waals surface area contributed by atoms with Crippen LogP contribution in [0.15, 0.2) is 29.3 Å². The highest BCUT2D eigenvalue weighted by molar-refractivity contribution is 14.0. The Morgan fingerprint density at radius 2 is 1.92 bits per heavy atom. The third-order valence-corrected chi connectivity index (χ3v) is 5.46. The molecule has 1 aliphatic carbocycles. The zero-order valence-corrected chi connectivity index (χ0v) is 18.9. The first-order valence-corrected chi connectivity index (χ1v) is 9.52. The number of guanidine groups is 1. The molecule has 1 aliphatic heterocycles. The minimum absolute atomic E-state index is 0. The second-order valence-corrected chi connectivity index (χ2v) is 7.73. The van der Waals surface area contributed by atoms with E-state index in [1.165, 1.54) is 24.1 Å². The number of aliphatic imine (C=N–C) groups is 1. The Labute approximate surface area is 175 Å². The maximum absolute atomic E-state index is 4.43. The van der Waals surface area contributed by atoms with E-state index in [1.807, 2.05) is 7.05 Å². The van der Waals surface area contributed by atoms with Gasteiger partial charge in [-0.05, 0) is 58.3 Å². The van der Waals surface area contributed by atoms with Gasteiger partial charge in [-0.25, -0.2) is 0 Å². The molecule has 5 nitrogen and oxygen atoms in total.